The van der Waals surface area contributed by atoms with Crippen molar-refractivity contribution in [3.63, 3.8) is 0 Å². The summed E-state index contributed by atoms with van der Waals surface area (Å²) in [5, 5.41) is 0. The average Bonchev–Trinajstić information content (AvgIpc) is 2.77. The van der Waals surface area contributed by atoms with E-state index in [1.54, 1.807) is 44.2 Å². The second kappa shape index (κ2) is 10.2. The first-order chi connectivity index (χ1) is 14.9. The second-order valence-electron chi connectivity index (χ2n) is 7.72. The van der Waals surface area contributed by atoms with E-state index in [-0.39, 0.29) is 24.5 Å². The van der Waals surface area contributed by atoms with E-state index in [1.165, 1.54) is 4.90 Å². The van der Waals surface area contributed by atoms with Crippen LogP contribution in [0.3, 0.4) is 0 Å². The van der Waals surface area contributed by atoms with Crippen LogP contribution in [0.5, 0.6) is 11.5 Å². The quantitative estimate of drug-likeness (QED) is 0.677. The normalized spacial score (nSPS) is 16.0. The number of likely N-dealkylation sites (tertiary alicyclic amines) is 1. The van der Waals surface area contributed by atoms with Gasteiger partial charge in [0.2, 0.25) is 0 Å². The van der Waals surface area contributed by atoms with Gasteiger partial charge >= 0.3 is 0 Å². The van der Waals surface area contributed by atoms with Gasteiger partial charge in [0.05, 0.1) is 23.9 Å². The molecule has 0 radical (unpaired) electrons. The van der Waals surface area contributed by atoms with Crippen LogP contribution in [0.2, 0.25) is 0 Å². The number of benzene rings is 1. The number of amides is 2. The summed E-state index contributed by atoms with van der Waals surface area (Å²) in [6, 6.07) is 7.04. The number of hydrogen-bond acceptors (Lipinski definition) is 6. The summed E-state index contributed by atoms with van der Waals surface area (Å²) in [6.07, 6.45) is 4.27. The van der Waals surface area contributed by atoms with Crippen LogP contribution in [0.4, 0.5) is 0 Å². The van der Waals surface area contributed by atoms with Gasteiger partial charge in [0.15, 0.2) is 12.4 Å². The fraction of sp³-hybridized carbons (Fsp3) is 0.478. The third-order valence-electron chi connectivity index (χ3n) is 5.23. The molecule has 1 aromatic carbocycles. The van der Waals surface area contributed by atoms with Crippen LogP contribution in [0.15, 0.2) is 30.5 Å². The molecule has 0 spiro atoms. The van der Waals surface area contributed by atoms with Crippen LogP contribution in [-0.2, 0) is 4.79 Å². The summed E-state index contributed by atoms with van der Waals surface area (Å²) in [5.74, 6) is 1.62. The molecular weight excluding hydrogens is 396 g/mol. The average molecular weight is 427 g/mol. The van der Waals surface area contributed by atoms with E-state index in [4.69, 9.17) is 9.47 Å². The van der Waals surface area contributed by atoms with Gasteiger partial charge in [-0.1, -0.05) is 6.07 Å². The highest BCUT2D eigenvalue weighted by Crippen LogP contribution is 2.29. The molecule has 1 aliphatic heterocycles. The molecule has 2 heterocycles. The Hall–Kier alpha value is -3.16. The first-order valence-electron chi connectivity index (χ1n) is 10.6. The molecular formula is C23H30N4O4. The zero-order chi connectivity index (χ0) is 22.4. The van der Waals surface area contributed by atoms with Crippen LogP contribution < -0.4 is 9.47 Å². The zero-order valence-corrected chi connectivity index (χ0v) is 18.6. The molecule has 8 nitrogen and oxygen atoms in total. The maximum Gasteiger partial charge on any atom is 0.261 e. The maximum atomic E-state index is 13.0. The lowest BCUT2D eigenvalue weighted by Gasteiger charge is -2.34. The number of piperidine rings is 1. The van der Waals surface area contributed by atoms with Gasteiger partial charge in [-0.25, -0.2) is 9.97 Å². The predicted molar refractivity (Wildman–Crippen MR) is 116 cm³/mol. The van der Waals surface area contributed by atoms with E-state index in [2.05, 4.69) is 9.97 Å². The van der Waals surface area contributed by atoms with Crippen molar-refractivity contribution in [1.29, 1.82) is 0 Å². The fourth-order valence-corrected chi connectivity index (χ4v) is 3.64. The molecule has 0 bridgehead atoms. The highest BCUT2D eigenvalue weighted by Gasteiger charge is 2.31. The van der Waals surface area contributed by atoms with Crippen LogP contribution in [0.1, 0.15) is 54.1 Å². The number of nitrogens with zero attached hydrogens (tertiary/aromatic N) is 4. The molecule has 3 rings (SSSR count). The summed E-state index contributed by atoms with van der Waals surface area (Å²) in [6.45, 7) is 4.84. The number of carbonyl (C=O) groups excluding carboxylic acids is 2. The van der Waals surface area contributed by atoms with Crippen molar-refractivity contribution in [2.24, 2.45) is 0 Å². The fourth-order valence-electron chi connectivity index (χ4n) is 3.64. The summed E-state index contributed by atoms with van der Waals surface area (Å²) >= 11 is 0. The van der Waals surface area contributed by atoms with E-state index >= 15 is 0 Å². The first-order valence-corrected chi connectivity index (χ1v) is 10.6. The molecule has 0 unspecified atom stereocenters. The number of rotatable bonds is 7. The zero-order valence-electron chi connectivity index (χ0n) is 18.6. The Labute approximate surface area is 183 Å². The van der Waals surface area contributed by atoms with Crippen molar-refractivity contribution in [2.45, 2.75) is 39.2 Å². The molecule has 1 atom stereocenters. The third-order valence-corrected chi connectivity index (χ3v) is 5.23. The van der Waals surface area contributed by atoms with Crippen LogP contribution in [-0.4, -0.2) is 65.4 Å². The lowest BCUT2D eigenvalue weighted by Crippen LogP contribution is -2.42. The summed E-state index contributed by atoms with van der Waals surface area (Å²) in [4.78, 5) is 37.5. The molecule has 31 heavy (non-hydrogen) atoms. The van der Waals surface area contributed by atoms with Gasteiger partial charge in [-0.3, -0.25) is 9.59 Å². The Kier molecular flexibility index (Phi) is 7.44. The lowest BCUT2D eigenvalue weighted by atomic mass is 10.0. The molecule has 166 valence electrons. The smallest absolute Gasteiger partial charge is 0.261 e. The molecule has 1 fully saturated rings. The second-order valence-corrected chi connectivity index (χ2v) is 7.72. The molecule has 2 aromatic rings. The predicted octanol–water partition coefficient (Wildman–Crippen LogP) is 3.02. The van der Waals surface area contributed by atoms with Crippen LogP contribution in [0, 0.1) is 6.92 Å². The Morgan fingerprint density at radius 3 is 2.61 bits per heavy atom. The molecule has 8 heteroatoms. The van der Waals surface area contributed by atoms with E-state index < -0.39 is 0 Å². The highest BCUT2D eigenvalue weighted by molar-refractivity contribution is 5.94. The van der Waals surface area contributed by atoms with Crippen molar-refractivity contribution in [3.8, 4) is 11.5 Å². The number of aromatic nitrogens is 2. The van der Waals surface area contributed by atoms with Gasteiger partial charge in [0.1, 0.15) is 11.5 Å². The monoisotopic (exact) mass is 426 g/mol. The van der Waals surface area contributed by atoms with Crippen molar-refractivity contribution in [2.75, 3.05) is 33.9 Å². The molecule has 0 N–H and O–H groups in total. The van der Waals surface area contributed by atoms with Crippen molar-refractivity contribution < 1.29 is 19.1 Å². The minimum absolute atomic E-state index is 0.0672. The third kappa shape index (κ3) is 5.51. The summed E-state index contributed by atoms with van der Waals surface area (Å²) in [5.41, 5.74) is 1.09. The molecule has 1 saturated heterocycles. The SMILES string of the molecule is CCOc1cccc(OCC(=O)N2CCCC[C@H]2c2ncc(C(=O)N(C)C)c(C)n2)c1. The van der Waals surface area contributed by atoms with Crippen molar-refractivity contribution in [3.05, 3.63) is 47.5 Å². The van der Waals surface area contributed by atoms with Gasteiger partial charge in [-0.15, -0.1) is 0 Å². The Morgan fingerprint density at radius 1 is 1.19 bits per heavy atom. The van der Waals surface area contributed by atoms with E-state index in [9.17, 15) is 9.59 Å². The van der Waals surface area contributed by atoms with E-state index in [0.29, 0.717) is 41.7 Å². The standard InChI is InChI=1S/C23H30N4O4/c1-5-30-17-9-8-10-18(13-17)31-15-21(28)27-12-7-6-11-20(27)22-24-14-19(16(2)25-22)23(29)26(3)4/h8-10,13-14,20H,5-7,11-12,15H2,1-4H3/t20-/m0/s1. The van der Waals surface area contributed by atoms with Gasteiger partial charge in [0.25, 0.3) is 11.8 Å². The summed E-state index contributed by atoms with van der Waals surface area (Å²) < 4.78 is 11.2. The van der Waals surface area contributed by atoms with Gasteiger partial charge in [-0.2, -0.15) is 0 Å². The van der Waals surface area contributed by atoms with E-state index in [1.807, 2.05) is 19.1 Å². The highest BCUT2D eigenvalue weighted by atomic mass is 16.5. The van der Waals surface area contributed by atoms with Gasteiger partial charge < -0.3 is 19.3 Å². The molecule has 0 aliphatic carbocycles. The minimum atomic E-state index is -0.221. The largest absolute Gasteiger partial charge is 0.494 e. The molecule has 2 amide bonds. The van der Waals surface area contributed by atoms with Crippen LogP contribution >= 0.6 is 0 Å². The Morgan fingerprint density at radius 2 is 1.94 bits per heavy atom. The van der Waals surface area contributed by atoms with Crippen molar-refractivity contribution >= 4 is 11.8 Å². The number of aryl methyl sites for hydroxylation is 1. The Balaban J connectivity index is 1.71. The van der Waals surface area contributed by atoms with Gasteiger partial charge in [0, 0.05) is 32.9 Å². The Bertz CT molecular complexity index is 932. The summed E-state index contributed by atoms with van der Waals surface area (Å²) in [7, 11) is 3.39. The lowest BCUT2D eigenvalue weighted by molar-refractivity contribution is -0.137. The topological polar surface area (TPSA) is 84.9 Å². The molecule has 0 saturated carbocycles. The molecule has 1 aromatic heterocycles. The van der Waals surface area contributed by atoms with Gasteiger partial charge in [-0.05, 0) is 45.2 Å². The minimum Gasteiger partial charge on any atom is -0.494 e. The van der Waals surface area contributed by atoms with E-state index in [0.717, 1.165) is 19.3 Å². The number of ether oxygens (including phenoxy) is 2. The first kappa shape index (κ1) is 22.5. The maximum absolute atomic E-state index is 13.0. The van der Waals surface area contributed by atoms with Crippen molar-refractivity contribution in [1.82, 2.24) is 19.8 Å². The molecule has 1 aliphatic rings. The number of hydrogen-bond donors (Lipinski definition) is 0. The van der Waals surface area contributed by atoms with Crippen LogP contribution in [0.25, 0.3) is 0 Å². The number of carbonyl (C=O) groups is 2.